The molecule has 0 aromatic rings. The van der Waals surface area contributed by atoms with Crippen LogP contribution in [0, 0.1) is 23.7 Å². The second-order valence-electron chi connectivity index (χ2n) is 11.3. The van der Waals surface area contributed by atoms with E-state index in [-0.39, 0.29) is 31.2 Å². The van der Waals surface area contributed by atoms with E-state index < -0.39 is 0 Å². The molecule has 0 amide bonds. The first kappa shape index (κ1) is 24.8. The van der Waals surface area contributed by atoms with Gasteiger partial charge in [-0.1, -0.05) is 43.8 Å². The summed E-state index contributed by atoms with van der Waals surface area (Å²) in [5.74, 6) is 3.16. The van der Waals surface area contributed by atoms with Gasteiger partial charge in [0, 0.05) is 25.6 Å². The summed E-state index contributed by atoms with van der Waals surface area (Å²) in [5.41, 5.74) is 1.41. The van der Waals surface area contributed by atoms with Gasteiger partial charge in [-0.05, 0) is 81.6 Å². The smallest absolute Gasteiger partial charge is 0.199 e. The van der Waals surface area contributed by atoms with Crippen LogP contribution in [0.25, 0.3) is 0 Å². The van der Waals surface area contributed by atoms with E-state index in [4.69, 9.17) is 18.9 Å². The van der Waals surface area contributed by atoms with Crippen molar-refractivity contribution >= 4 is 0 Å². The maximum Gasteiger partial charge on any atom is 0.199 e. The molecule has 2 saturated carbocycles. The highest BCUT2D eigenvalue weighted by atomic mass is 16.7. The van der Waals surface area contributed by atoms with Gasteiger partial charge >= 0.3 is 0 Å². The molecule has 3 aliphatic carbocycles. The van der Waals surface area contributed by atoms with Gasteiger partial charge in [-0.15, -0.1) is 0 Å². The molecule has 0 radical (unpaired) electrons. The number of ether oxygens (including phenoxy) is 4. The monoisotopic (exact) mass is 474 g/mol. The van der Waals surface area contributed by atoms with Crippen LogP contribution in [0.4, 0.5) is 0 Å². The largest absolute Gasteiger partial charge is 0.469 e. The van der Waals surface area contributed by atoms with E-state index in [0.29, 0.717) is 11.8 Å². The molecule has 1 N–H and O–H groups in total. The van der Waals surface area contributed by atoms with Gasteiger partial charge in [-0.25, -0.2) is 0 Å². The van der Waals surface area contributed by atoms with Crippen molar-refractivity contribution < 1.29 is 24.1 Å². The summed E-state index contributed by atoms with van der Waals surface area (Å²) in [6.45, 7) is 1.85. The summed E-state index contributed by atoms with van der Waals surface area (Å²) in [6.07, 6.45) is 22.2. The molecule has 5 rings (SSSR count). The summed E-state index contributed by atoms with van der Waals surface area (Å²) < 4.78 is 25.5. The summed E-state index contributed by atoms with van der Waals surface area (Å²) in [7, 11) is 0. The SMILES string of the molecule is OCCC1=C[C@@H]2C[C@H](OC3CCCCO3)[C@@H](C(=CCC3CCCCC3)OC3CCCCO3)[C@@H]2C1. The minimum absolute atomic E-state index is 0.0773. The fourth-order valence-electron chi connectivity index (χ4n) is 7.08. The van der Waals surface area contributed by atoms with Crippen LogP contribution in [-0.4, -0.2) is 43.6 Å². The van der Waals surface area contributed by atoms with Gasteiger partial charge in [0.15, 0.2) is 12.6 Å². The Labute approximate surface area is 206 Å². The molecular formula is C29H46O5. The van der Waals surface area contributed by atoms with Crippen LogP contribution >= 0.6 is 0 Å². The zero-order chi connectivity index (χ0) is 23.2. The fraction of sp³-hybridized carbons (Fsp3) is 0.862. The number of fused-ring (bicyclic) bond motifs is 1. The molecule has 34 heavy (non-hydrogen) atoms. The topological polar surface area (TPSA) is 57.2 Å². The highest BCUT2D eigenvalue weighted by Crippen LogP contribution is 2.52. The van der Waals surface area contributed by atoms with E-state index >= 15 is 0 Å². The summed E-state index contributed by atoms with van der Waals surface area (Å²) >= 11 is 0. The lowest BCUT2D eigenvalue weighted by molar-refractivity contribution is -0.201. The number of rotatable bonds is 9. The minimum atomic E-state index is -0.122. The van der Waals surface area contributed by atoms with E-state index in [1.807, 2.05) is 0 Å². The van der Waals surface area contributed by atoms with Crippen LogP contribution in [0.2, 0.25) is 0 Å². The van der Waals surface area contributed by atoms with E-state index in [0.717, 1.165) is 76.3 Å². The van der Waals surface area contributed by atoms with Crippen molar-refractivity contribution in [2.45, 2.75) is 115 Å². The molecule has 2 aliphatic heterocycles. The highest BCUT2D eigenvalue weighted by Gasteiger charge is 2.49. The number of aliphatic hydroxyl groups excluding tert-OH is 1. The third kappa shape index (κ3) is 6.27. The van der Waals surface area contributed by atoms with Crippen LogP contribution in [0.15, 0.2) is 23.5 Å². The van der Waals surface area contributed by atoms with Crippen molar-refractivity contribution in [2.24, 2.45) is 23.7 Å². The first-order chi connectivity index (χ1) is 16.8. The van der Waals surface area contributed by atoms with Crippen LogP contribution < -0.4 is 0 Å². The van der Waals surface area contributed by atoms with E-state index in [9.17, 15) is 5.11 Å². The number of allylic oxidation sites excluding steroid dienone is 2. The Morgan fingerprint density at radius 1 is 0.941 bits per heavy atom. The zero-order valence-corrected chi connectivity index (χ0v) is 21.0. The summed E-state index contributed by atoms with van der Waals surface area (Å²) in [4.78, 5) is 0. The van der Waals surface area contributed by atoms with Gasteiger partial charge in [-0.2, -0.15) is 0 Å². The summed E-state index contributed by atoms with van der Waals surface area (Å²) in [6, 6.07) is 0. The molecule has 0 spiro atoms. The molecule has 2 unspecified atom stereocenters. The molecule has 5 heteroatoms. The van der Waals surface area contributed by atoms with Crippen LogP contribution in [0.1, 0.15) is 96.3 Å². The first-order valence-corrected chi connectivity index (χ1v) is 14.4. The fourth-order valence-corrected chi connectivity index (χ4v) is 7.08. The second kappa shape index (κ2) is 12.4. The van der Waals surface area contributed by atoms with Crippen molar-refractivity contribution in [1.82, 2.24) is 0 Å². The van der Waals surface area contributed by atoms with Gasteiger partial charge in [0.05, 0.1) is 12.7 Å². The maximum absolute atomic E-state index is 9.54. The third-order valence-corrected chi connectivity index (χ3v) is 8.87. The highest BCUT2D eigenvalue weighted by molar-refractivity contribution is 5.23. The van der Waals surface area contributed by atoms with Crippen molar-refractivity contribution in [3.05, 3.63) is 23.5 Å². The van der Waals surface area contributed by atoms with Crippen LogP contribution in [0.3, 0.4) is 0 Å². The molecule has 5 nitrogen and oxygen atoms in total. The van der Waals surface area contributed by atoms with Crippen molar-refractivity contribution in [2.75, 3.05) is 19.8 Å². The number of hydrogen-bond acceptors (Lipinski definition) is 5. The lowest BCUT2D eigenvalue weighted by atomic mass is 9.84. The molecular weight excluding hydrogens is 428 g/mol. The maximum atomic E-state index is 9.54. The Hall–Kier alpha value is -0.880. The lowest BCUT2D eigenvalue weighted by Crippen LogP contribution is -2.34. The molecule has 6 atom stereocenters. The van der Waals surface area contributed by atoms with Gasteiger partial charge in [0.2, 0.25) is 0 Å². The predicted molar refractivity (Wildman–Crippen MR) is 132 cm³/mol. The normalized spacial score (nSPS) is 37.4. The lowest BCUT2D eigenvalue weighted by Gasteiger charge is -2.34. The number of aliphatic hydroxyl groups is 1. The molecule has 0 aromatic carbocycles. The van der Waals surface area contributed by atoms with E-state index in [1.165, 1.54) is 50.5 Å². The molecule has 192 valence electrons. The Kier molecular flexibility index (Phi) is 9.03. The van der Waals surface area contributed by atoms with E-state index in [1.54, 1.807) is 0 Å². The van der Waals surface area contributed by atoms with Gasteiger partial charge < -0.3 is 24.1 Å². The zero-order valence-electron chi connectivity index (χ0n) is 21.0. The molecule has 2 heterocycles. The average molecular weight is 475 g/mol. The Morgan fingerprint density at radius 3 is 2.38 bits per heavy atom. The van der Waals surface area contributed by atoms with Crippen molar-refractivity contribution in [3.8, 4) is 0 Å². The number of hydrogen-bond donors (Lipinski definition) is 1. The first-order valence-electron chi connectivity index (χ1n) is 14.4. The average Bonchev–Trinajstić information content (AvgIpc) is 3.41. The molecule has 5 aliphatic rings. The Bertz CT molecular complexity index is 685. The van der Waals surface area contributed by atoms with Gasteiger partial charge in [0.1, 0.15) is 5.76 Å². The molecule has 4 fully saturated rings. The predicted octanol–water partition coefficient (Wildman–Crippen LogP) is 6.26. The van der Waals surface area contributed by atoms with Crippen molar-refractivity contribution in [3.63, 3.8) is 0 Å². The quantitative estimate of drug-likeness (QED) is 0.316. The molecule has 0 bridgehead atoms. The van der Waals surface area contributed by atoms with E-state index in [2.05, 4.69) is 12.2 Å². The molecule has 0 aromatic heterocycles. The van der Waals surface area contributed by atoms with Gasteiger partial charge in [-0.3, -0.25) is 0 Å². The second-order valence-corrected chi connectivity index (χ2v) is 11.3. The van der Waals surface area contributed by atoms with Gasteiger partial charge in [0.25, 0.3) is 0 Å². The molecule has 2 saturated heterocycles. The van der Waals surface area contributed by atoms with Crippen molar-refractivity contribution in [1.29, 1.82) is 0 Å². The minimum Gasteiger partial charge on any atom is -0.469 e. The van der Waals surface area contributed by atoms with Crippen LogP contribution in [-0.2, 0) is 18.9 Å². The summed E-state index contributed by atoms with van der Waals surface area (Å²) in [5, 5.41) is 9.54. The Morgan fingerprint density at radius 2 is 1.68 bits per heavy atom. The third-order valence-electron chi connectivity index (χ3n) is 8.87. The Balaban J connectivity index is 1.36. The standard InChI is InChI=1S/C29H46O5/c30-15-14-22-18-23-20-26(34-28-11-5-7-17-32-28)29(24(23)19-22)25(33-27-10-4-6-16-31-27)13-12-21-8-2-1-3-9-21/h13,18,21,23-24,26-30H,1-12,14-17,19-20H2/t23-,24-,26+,27?,28?,29-/m1/s1. The van der Waals surface area contributed by atoms with Crippen LogP contribution in [0.5, 0.6) is 0 Å².